The van der Waals surface area contributed by atoms with Gasteiger partial charge in [-0.15, -0.1) is 0 Å². The van der Waals surface area contributed by atoms with E-state index in [0.29, 0.717) is 6.04 Å². The van der Waals surface area contributed by atoms with Crippen molar-refractivity contribution in [2.45, 2.75) is 51.9 Å². The molecular formula is C17H28N4. The molecule has 1 saturated carbocycles. The molecule has 0 amide bonds. The van der Waals surface area contributed by atoms with E-state index in [1.807, 2.05) is 6.20 Å². The Morgan fingerprint density at radius 3 is 2.52 bits per heavy atom. The number of pyridine rings is 1. The van der Waals surface area contributed by atoms with Crippen LogP contribution in [0.15, 0.2) is 18.3 Å². The second-order valence-corrected chi connectivity index (χ2v) is 6.74. The molecule has 116 valence electrons. The quantitative estimate of drug-likeness (QED) is 0.866. The highest BCUT2D eigenvalue weighted by atomic mass is 15.3. The van der Waals surface area contributed by atoms with Crippen LogP contribution in [0, 0.1) is 0 Å². The van der Waals surface area contributed by atoms with Crippen LogP contribution in [0.1, 0.15) is 37.9 Å². The average molecular weight is 288 g/mol. The molecule has 0 atom stereocenters. The van der Waals surface area contributed by atoms with Crippen LogP contribution in [0.25, 0.3) is 0 Å². The third-order valence-electron chi connectivity index (χ3n) is 4.46. The first-order chi connectivity index (χ1) is 10.2. The number of hydrogen-bond donors (Lipinski definition) is 1. The summed E-state index contributed by atoms with van der Waals surface area (Å²) in [5, 5.41) is 3.43. The molecule has 1 N–H and O–H groups in total. The van der Waals surface area contributed by atoms with Gasteiger partial charge in [-0.3, -0.25) is 14.8 Å². The van der Waals surface area contributed by atoms with Crippen molar-refractivity contribution in [2.24, 2.45) is 0 Å². The molecule has 1 aromatic heterocycles. The fourth-order valence-electron chi connectivity index (χ4n) is 2.93. The maximum Gasteiger partial charge on any atom is 0.0544 e. The van der Waals surface area contributed by atoms with E-state index in [2.05, 4.69) is 46.1 Å². The largest absolute Gasteiger partial charge is 0.310 e. The fourth-order valence-corrected chi connectivity index (χ4v) is 2.93. The summed E-state index contributed by atoms with van der Waals surface area (Å²) in [4.78, 5) is 9.81. The third-order valence-corrected chi connectivity index (χ3v) is 4.46. The lowest BCUT2D eigenvalue weighted by molar-refractivity contribution is 0.120. The first kappa shape index (κ1) is 14.9. The zero-order chi connectivity index (χ0) is 14.7. The van der Waals surface area contributed by atoms with E-state index in [1.54, 1.807) is 0 Å². The maximum absolute atomic E-state index is 4.62. The van der Waals surface area contributed by atoms with Gasteiger partial charge < -0.3 is 5.32 Å². The van der Waals surface area contributed by atoms with Gasteiger partial charge in [-0.1, -0.05) is 19.9 Å². The Morgan fingerprint density at radius 2 is 1.95 bits per heavy atom. The van der Waals surface area contributed by atoms with Crippen molar-refractivity contribution in [1.82, 2.24) is 20.1 Å². The third kappa shape index (κ3) is 4.50. The number of rotatable bonds is 6. The zero-order valence-electron chi connectivity index (χ0n) is 13.4. The summed E-state index contributed by atoms with van der Waals surface area (Å²) >= 11 is 0. The van der Waals surface area contributed by atoms with Crippen LogP contribution < -0.4 is 5.32 Å². The number of piperazine rings is 1. The predicted molar refractivity (Wildman–Crippen MR) is 86.1 cm³/mol. The minimum atomic E-state index is 0.521. The first-order valence-corrected chi connectivity index (χ1v) is 8.34. The molecule has 4 nitrogen and oxygen atoms in total. The van der Waals surface area contributed by atoms with Gasteiger partial charge in [-0.2, -0.15) is 0 Å². The summed E-state index contributed by atoms with van der Waals surface area (Å²) in [5.41, 5.74) is 2.47. The van der Waals surface area contributed by atoms with Gasteiger partial charge >= 0.3 is 0 Å². The number of nitrogens with zero attached hydrogens (tertiary/aromatic N) is 3. The highest BCUT2D eigenvalue weighted by Crippen LogP contribution is 2.27. The summed E-state index contributed by atoms with van der Waals surface area (Å²) in [6.45, 7) is 11.1. The molecule has 1 aliphatic heterocycles. The van der Waals surface area contributed by atoms with Gasteiger partial charge in [0.25, 0.3) is 0 Å². The van der Waals surface area contributed by atoms with Crippen LogP contribution in [0.2, 0.25) is 0 Å². The minimum absolute atomic E-state index is 0.521. The SMILES string of the molecule is CC(C)NCc1ccc(CN2CCN(C3CC3)CC2)nc1. The van der Waals surface area contributed by atoms with E-state index in [0.717, 1.165) is 19.1 Å². The van der Waals surface area contributed by atoms with Crippen molar-refractivity contribution in [3.63, 3.8) is 0 Å². The Balaban J connectivity index is 1.44. The Bertz CT molecular complexity index is 431. The second kappa shape index (κ2) is 6.86. The topological polar surface area (TPSA) is 31.4 Å². The van der Waals surface area contributed by atoms with E-state index in [4.69, 9.17) is 0 Å². The number of aromatic nitrogens is 1. The normalized spacial score (nSPS) is 21.1. The Morgan fingerprint density at radius 1 is 1.19 bits per heavy atom. The van der Waals surface area contributed by atoms with Crippen molar-refractivity contribution in [3.05, 3.63) is 29.6 Å². The molecule has 0 unspecified atom stereocenters. The lowest BCUT2D eigenvalue weighted by Gasteiger charge is -2.34. The van der Waals surface area contributed by atoms with Gasteiger partial charge in [-0.05, 0) is 24.5 Å². The molecule has 2 aliphatic rings. The van der Waals surface area contributed by atoms with Gasteiger partial charge in [0.1, 0.15) is 0 Å². The van der Waals surface area contributed by atoms with E-state index >= 15 is 0 Å². The molecule has 2 heterocycles. The van der Waals surface area contributed by atoms with Crippen LogP contribution in [-0.4, -0.2) is 53.0 Å². The Hall–Kier alpha value is -0.970. The first-order valence-electron chi connectivity index (χ1n) is 8.34. The van der Waals surface area contributed by atoms with E-state index in [9.17, 15) is 0 Å². The Labute approximate surface area is 128 Å². The molecule has 21 heavy (non-hydrogen) atoms. The van der Waals surface area contributed by atoms with Crippen LogP contribution in [0.5, 0.6) is 0 Å². The smallest absolute Gasteiger partial charge is 0.0544 e. The summed E-state index contributed by atoms with van der Waals surface area (Å²) in [6.07, 6.45) is 4.87. The number of nitrogens with one attached hydrogen (secondary N) is 1. The fraction of sp³-hybridized carbons (Fsp3) is 0.706. The monoisotopic (exact) mass is 288 g/mol. The summed E-state index contributed by atoms with van der Waals surface area (Å²) in [6, 6.07) is 5.83. The van der Waals surface area contributed by atoms with Gasteiger partial charge in [-0.25, -0.2) is 0 Å². The zero-order valence-corrected chi connectivity index (χ0v) is 13.4. The van der Waals surface area contributed by atoms with Crippen LogP contribution >= 0.6 is 0 Å². The van der Waals surface area contributed by atoms with Crippen molar-refractivity contribution >= 4 is 0 Å². The van der Waals surface area contributed by atoms with E-state index in [1.165, 1.54) is 50.3 Å². The summed E-state index contributed by atoms with van der Waals surface area (Å²) < 4.78 is 0. The Kier molecular flexibility index (Phi) is 4.88. The van der Waals surface area contributed by atoms with Crippen molar-refractivity contribution in [3.8, 4) is 0 Å². The summed E-state index contributed by atoms with van der Waals surface area (Å²) in [5.74, 6) is 0. The van der Waals surface area contributed by atoms with Crippen molar-refractivity contribution in [2.75, 3.05) is 26.2 Å². The molecule has 1 aromatic rings. The number of hydrogen-bond acceptors (Lipinski definition) is 4. The van der Waals surface area contributed by atoms with Crippen LogP contribution in [0.4, 0.5) is 0 Å². The molecule has 0 radical (unpaired) electrons. The molecule has 4 heteroatoms. The lowest BCUT2D eigenvalue weighted by Crippen LogP contribution is -2.46. The molecule has 3 rings (SSSR count). The molecule has 1 saturated heterocycles. The highest BCUT2D eigenvalue weighted by Gasteiger charge is 2.31. The second-order valence-electron chi connectivity index (χ2n) is 6.74. The molecule has 2 fully saturated rings. The molecule has 0 bridgehead atoms. The molecule has 1 aliphatic carbocycles. The molecular weight excluding hydrogens is 260 g/mol. The minimum Gasteiger partial charge on any atom is -0.310 e. The van der Waals surface area contributed by atoms with Gasteiger partial charge in [0.15, 0.2) is 0 Å². The van der Waals surface area contributed by atoms with Gasteiger partial charge in [0, 0.05) is 57.5 Å². The molecule has 0 aromatic carbocycles. The average Bonchev–Trinajstić information content (AvgIpc) is 3.32. The highest BCUT2D eigenvalue weighted by molar-refractivity contribution is 5.14. The van der Waals surface area contributed by atoms with Crippen molar-refractivity contribution in [1.29, 1.82) is 0 Å². The standard InChI is InChI=1S/C17H28N4/c1-14(2)18-11-15-3-4-16(19-12-15)13-20-7-9-21(10-8-20)17-5-6-17/h3-4,12,14,17-18H,5-11,13H2,1-2H3. The van der Waals surface area contributed by atoms with Gasteiger partial charge in [0.05, 0.1) is 5.69 Å². The van der Waals surface area contributed by atoms with E-state index in [-0.39, 0.29) is 0 Å². The van der Waals surface area contributed by atoms with E-state index < -0.39 is 0 Å². The van der Waals surface area contributed by atoms with Crippen molar-refractivity contribution < 1.29 is 0 Å². The predicted octanol–water partition coefficient (Wildman–Crippen LogP) is 1.86. The van der Waals surface area contributed by atoms with Gasteiger partial charge in [0.2, 0.25) is 0 Å². The lowest BCUT2D eigenvalue weighted by atomic mass is 10.2. The summed E-state index contributed by atoms with van der Waals surface area (Å²) in [7, 11) is 0. The van der Waals surface area contributed by atoms with Crippen LogP contribution in [0.3, 0.4) is 0 Å². The maximum atomic E-state index is 4.62. The van der Waals surface area contributed by atoms with Crippen LogP contribution in [-0.2, 0) is 13.1 Å². The molecule has 0 spiro atoms.